The largest absolute Gasteiger partial charge is 0.462 e. The maximum absolute atomic E-state index is 13.0. The predicted molar refractivity (Wildman–Crippen MR) is 206 cm³/mol. The SMILES string of the molecule is CCC(/C=C(C)/C=C/C(C)=C/CN(C)C)OC(=O)/C=C\C=C(/C)C[C@H](C)OC(=O)C[C@@H](C[C@H](C)c1cscn1)NC(=O)OC(C)(C)C(Cl)(Cl)Cl. The lowest BCUT2D eigenvalue weighted by molar-refractivity contribution is -0.148. The Kier molecular flexibility index (Phi) is 20.3. The molecule has 1 amide bonds. The van der Waals surface area contributed by atoms with E-state index < -0.39 is 39.6 Å². The Hall–Kier alpha value is -2.63. The first kappa shape index (κ1) is 45.4. The molecule has 280 valence electrons. The summed E-state index contributed by atoms with van der Waals surface area (Å²) in [5, 5.41) is 4.65. The molecule has 0 spiro atoms. The van der Waals surface area contributed by atoms with Gasteiger partial charge >= 0.3 is 18.0 Å². The third kappa shape index (κ3) is 19.1. The zero-order chi connectivity index (χ0) is 38.1. The molecular weight excluding hydrogens is 721 g/mol. The normalized spacial score (nSPS) is 16.0. The van der Waals surface area contributed by atoms with Gasteiger partial charge < -0.3 is 24.4 Å². The second kappa shape index (κ2) is 22.3. The first-order chi connectivity index (χ1) is 23.2. The summed E-state index contributed by atoms with van der Waals surface area (Å²) in [5.74, 6) is -1.00. The number of amides is 1. The molecule has 9 nitrogen and oxygen atoms in total. The molecule has 0 aliphatic rings. The van der Waals surface area contributed by atoms with Crippen LogP contribution in [0, 0.1) is 0 Å². The molecule has 50 heavy (non-hydrogen) atoms. The van der Waals surface area contributed by atoms with Gasteiger partial charge in [0.15, 0.2) is 5.60 Å². The van der Waals surface area contributed by atoms with Gasteiger partial charge in [0.25, 0.3) is 0 Å². The van der Waals surface area contributed by atoms with Crippen molar-refractivity contribution in [2.24, 2.45) is 0 Å². The highest BCUT2D eigenvalue weighted by Gasteiger charge is 2.44. The number of allylic oxidation sites excluding steroid dienone is 6. The predicted octanol–water partition coefficient (Wildman–Crippen LogP) is 9.43. The van der Waals surface area contributed by atoms with Crippen LogP contribution < -0.4 is 5.32 Å². The van der Waals surface area contributed by atoms with Gasteiger partial charge in [0, 0.05) is 36.4 Å². The summed E-state index contributed by atoms with van der Waals surface area (Å²) in [7, 11) is 4.05. The van der Waals surface area contributed by atoms with Crippen LogP contribution in [0.25, 0.3) is 0 Å². The van der Waals surface area contributed by atoms with E-state index in [-0.39, 0.29) is 18.4 Å². The van der Waals surface area contributed by atoms with Crippen LogP contribution in [-0.4, -0.2) is 76.2 Å². The van der Waals surface area contributed by atoms with E-state index in [4.69, 9.17) is 49.0 Å². The van der Waals surface area contributed by atoms with Gasteiger partial charge in [0.1, 0.15) is 12.2 Å². The van der Waals surface area contributed by atoms with Gasteiger partial charge in [0.05, 0.1) is 17.6 Å². The minimum atomic E-state index is -1.86. The number of esters is 2. The number of alkyl carbamates (subject to hydrolysis) is 1. The van der Waals surface area contributed by atoms with Crippen molar-refractivity contribution in [3.8, 4) is 0 Å². The monoisotopic (exact) mass is 773 g/mol. The standard InChI is InChI=1S/C37H54Cl3N3O6S/c1-11-31(20-27(4)16-15-25(2)17-18-43(9)10)48-33(44)14-12-13-26(3)19-29(6)47-34(45)22-30(21-28(5)32-23-50-24-41-32)42-35(46)49-36(7,8)37(38,39)40/h12-17,20,23-24,28-31H,11,18-19,21-22H2,1-10H3,(H,42,46)/b14-12-,16-15+,25-17+,26-13+,27-20+/t28-,29-,30+,31?/m0/s1. The average Bonchev–Trinajstić information content (AvgIpc) is 3.53. The van der Waals surface area contributed by atoms with Crippen LogP contribution in [0.3, 0.4) is 0 Å². The fourth-order valence-electron chi connectivity index (χ4n) is 4.45. The molecule has 0 bridgehead atoms. The van der Waals surface area contributed by atoms with Gasteiger partial charge in [-0.2, -0.15) is 0 Å². The van der Waals surface area contributed by atoms with Crippen molar-refractivity contribution in [2.75, 3.05) is 20.6 Å². The number of alkyl halides is 3. The molecule has 1 heterocycles. The fraction of sp³-hybridized carbons (Fsp3) is 0.568. The summed E-state index contributed by atoms with van der Waals surface area (Å²) in [6, 6.07) is -0.633. The number of ether oxygens (including phenoxy) is 3. The third-order valence-corrected chi connectivity index (χ3v) is 9.39. The topological polar surface area (TPSA) is 107 Å². The third-order valence-electron chi connectivity index (χ3n) is 7.42. The van der Waals surface area contributed by atoms with E-state index in [0.717, 1.165) is 29.0 Å². The van der Waals surface area contributed by atoms with Crippen molar-refractivity contribution in [3.05, 3.63) is 75.8 Å². The molecule has 1 aromatic heterocycles. The quantitative estimate of drug-likeness (QED) is 0.0487. The Bertz CT molecular complexity index is 1380. The minimum absolute atomic E-state index is 0.0594. The Labute approximate surface area is 317 Å². The molecule has 1 N–H and O–H groups in total. The summed E-state index contributed by atoms with van der Waals surface area (Å²) < 4.78 is 14.8. The van der Waals surface area contributed by atoms with E-state index in [2.05, 4.69) is 28.2 Å². The first-order valence-electron chi connectivity index (χ1n) is 16.6. The van der Waals surface area contributed by atoms with E-state index >= 15 is 0 Å². The van der Waals surface area contributed by atoms with Gasteiger partial charge in [-0.15, -0.1) is 11.3 Å². The summed E-state index contributed by atoms with van der Waals surface area (Å²) in [5.41, 5.74) is 4.20. The average molecular weight is 775 g/mol. The number of aromatic nitrogens is 1. The molecule has 4 atom stereocenters. The smallest absolute Gasteiger partial charge is 0.408 e. The molecule has 0 aromatic carbocycles. The lowest BCUT2D eigenvalue weighted by Gasteiger charge is -2.32. The highest BCUT2D eigenvalue weighted by molar-refractivity contribution is 7.07. The highest BCUT2D eigenvalue weighted by Crippen LogP contribution is 2.40. The van der Waals surface area contributed by atoms with Crippen molar-refractivity contribution < 1.29 is 28.6 Å². The van der Waals surface area contributed by atoms with Crippen molar-refractivity contribution >= 4 is 64.2 Å². The van der Waals surface area contributed by atoms with Crippen LogP contribution >= 0.6 is 46.1 Å². The van der Waals surface area contributed by atoms with E-state index in [1.54, 1.807) is 24.6 Å². The van der Waals surface area contributed by atoms with E-state index in [9.17, 15) is 14.4 Å². The van der Waals surface area contributed by atoms with E-state index in [1.807, 2.05) is 65.4 Å². The number of carbonyl (C=O) groups is 3. The van der Waals surface area contributed by atoms with Crippen LogP contribution in [0.5, 0.6) is 0 Å². The van der Waals surface area contributed by atoms with Crippen LogP contribution in [0.4, 0.5) is 4.79 Å². The molecule has 1 rings (SSSR count). The summed E-state index contributed by atoms with van der Waals surface area (Å²) in [6.45, 7) is 15.4. The zero-order valence-electron chi connectivity index (χ0n) is 30.9. The van der Waals surface area contributed by atoms with Gasteiger partial charge in [-0.05, 0) is 74.6 Å². The number of halogens is 3. The van der Waals surface area contributed by atoms with Crippen molar-refractivity contribution in [3.63, 3.8) is 0 Å². The van der Waals surface area contributed by atoms with Gasteiger partial charge in [-0.3, -0.25) is 4.79 Å². The zero-order valence-corrected chi connectivity index (χ0v) is 34.0. The molecule has 0 saturated heterocycles. The molecule has 0 radical (unpaired) electrons. The number of rotatable bonds is 19. The molecule has 0 saturated carbocycles. The number of likely N-dealkylation sites (N-methyl/N-ethyl adjacent to an activating group) is 1. The maximum atomic E-state index is 13.0. The Morgan fingerprint density at radius 3 is 2.26 bits per heavy atom. The number of carbonyl (C=O) groups excluding carboxylic acids is 3. The summed E-state index contributed by atoms with van der Waals surface area (Å²) in [4.78, 5) is 44.7. The molecule has 0 aliphatic carbocycles. The fourth-order valence-corrected chi connectivity index (χ4v) is 5.24. The van der Waals surface area contributed by atoms with Crippen molar-refractivity contribution in [1.29, 1.82) is 0 Å². The van der Waals surface area contributed by atoms with Gasteiger partial charge in [-0.25, -0.2) is 14.6 Å². The Morgan fingerprint density at radius 1 is 1.02 bits per heavy atom. The lowest BCUT2D eigenvalue weighted by Crippen LogP contribution is -2.47. The number of nitrogens with zero attached hydrogens (tertiary/aromatic N) is 2. The summed E-state index contributed by atoms with van der Waals surface area (Å²) in [6.07, 6.45) is 12.7. The molecule has 13 heteroatoms. The maximum Gasteiger partial charge on any atom is 0.408 e. The van der Waals surface area contributed by atoms with Gasteiger partial charge in [-0.1, -0.05) is 95.7 Å². The van der Waals surface area contributed by atoms with E-state index in [0.29, 0.717) is 19.3 Å². The number of hydrogen-bond donors (Lipinski definition) is 1. The lowest BCUT2D eigenvalue weighted by atomic mass is 9.97. The van der Waals surface area contributed by atoms with Crippen molar-refractivity contribution in [2.45, 2.75) is 115 Å². The molecule has 1 unspecified atom stereocenters. The molecule has 0 aliphatic heterocycles. The first-order valence-corrected chi connectivity index (χ1v) is 18.7. The number of hydrogen-bond acceptors (Lipinski definition) is 9. The Balaban J connectivity index is 2.76. The van der Waals surface area contributed by atoms with Crippen LogP contribution in [0.1, 0.15) is 92.7 Å². The highest BCUT2D eigenvalue weighted by atomic mass is 35.6. The molecule has 0 fully saturated rings. The van der Waals surface area contributed by atoms with Crippen molar-refractivity contribution in [1.82, 2.24) is 15.2 Å². The molecular formula is C37H54Cl3N3O6S. The van der Waals surface area contributed by atoms with Gasteiger partial charge in [0.2, 0.25) is 3.79 Å². The van der Waals surface area contributed by atoms with Crippen LogP contribution in [0.15, 0.2) is 70.1 Å². The number of nitrogens with one attached hydrogen (secondary N) is 1. The summed E-state index contributed by atoms with van der Waals surface area (Å²) >= 11 is 19.4. The Morgan fingerprint density at radius 2 is 1.68 bits per heavy atom. The van der Waals surface area contributed by atoms with Crippen LogP contribution in [0.2, 0.25) is 0 Å². The van der Waals surface area contributed by atoms with E-state index in [1.165, 1.54) is 31.3 Å². The second-order valence-electron chi connectivity index (χ2n) is 13.2. The molecule has 1 aromatic rings. The van der Waals surface area contributed by atoms with Crippen LogP contribution in [-0.2, 0) is 23.8 Å². The number of thiazole rings is 1. The second-order valence-corrected chi connectivity index (χ2v) is 16.2. The minimum Gasteiger partial charge on any atom is -0.462 e.